The van der Waals surface area contributed by atoms with Crippen LogP contribution in [-0.4, -0.2) is 46.2 Å². The molecule has 0 spiro atoms. The Kier molecular flexibility index (Phi) is 9.19. The fourth-order valence-corrected chi connectivity index (χ4v) is 6.84. The van der Waals surface area contributed by atoms with Gasteiger partial charge in [-0.2, -0.15) is 0 Å². The topological polar surface area (TPSA) is 65.9 Å². The summed E-state index contributed by atoms with van der Waals surface area (Å²) in [6.45, 7) is 20.9. The van der Waals surface area contributed by atoms with Gasteiger partial charge in [0.15, 0.2) is 6.10 Å². The molecule has 2 aliphatic heterocycles. The molecule has 6 nitrogen and oxygen atoms in total. The number of carbonyl (C=O) groups is 1. The highest BCUT2D eigenvalue weighted by Gasteiger charge is 2.36. The Hall–Kier alpha value is -2.93. The summed E-state index contributed by atoms with van der Waals surface area (Å²) in [5, 5.41) is 11.3. The fourth-order valence-electron chi connectivity index (χ4n) is 6.72. The molecule has 0 saturated carbocycles. The van der Waals surface area contributed by atoms with E-state index in [1.807, 2.05) is 33.8 Å². The maximum atomic E-state index is 12.8. The van der Waals surface area contributed by atoms with Gasteiger partial charge in [0.1, 0.15) is 0 Å². The highest BCUT2D eigenvalue weighted by Crippen LogP contribution is 2.45. The van der Waals surface area contributed by atoms with E-state index in [0.717, 1.165) is 85.1 Å². The lowest BCUT2D eigenvalue weighted by Gasteiger charge is -2.41. The van der Waals surface area contributed by atoms with Crippen LogP contribution in [0.25, 0.3) is 11.1 Å². The van der Waals surface area contributed by atoms with Crippen LogP contribution in [0, 0.1) is 26.2 Å². The van der Waals surface area contributed by atoms with E-state index in [2.05, 4.69) is 67.8 Å². The van der Waals surface area contributed by atoms with Crippen molar-refractivity contribution < 1.29 is 14.6 Å². The van der Waals surface area contributed by atoms with Gasteiger partial charge in [0.25, 0.3) is 0 Å². The largest absolute Gasteiger partial charge is 0.479 e. The lowest BCUT2D eigenvalue weighted by atomic mass is 9.81. The molecule has 0 radical (unpaired) electrons. The fraction of sp³-hybridized carbons (Fsp3) is 0.514. The molecule has 1 fully saturated rings. The second-order valence-electron chi connectivity index (χ2n) is 14.5. The molecule has 1 aromatic heterocycles. The number of aromatic nitrogens is 1. The van der Waals surface area contributed by atoms with Gasteiger partial charge in [-0.15, -0.1) is 0 Å². The van der Waals surface area contributed by atoms with Crippen molar-refractivity contribution in [3.8, 4) is 11.1 Å². The van der Waals surface area contributed by atoms with E-state index in [1.54, 1.807) is 0 Å². The standard InChI is InChI=1S/C37H48ClN3O3/c1-23-19-26(9-12-30(23)38)21-40-16-13-27-20-28(10-11-29(27)22-40)31-24(2)39-25(3)32(34(35(42)43)44-36(4,5)6)33(31)41-17-14-37(7,8)15-18-41/h9-12,19-20,34H,13-18,21-22H2,1-8H3,(H,42,43). The van der Waals surface area contributed by atoms with Gasteiger partial charge in [-0.05, 0) is 100 Å². The van der Waals surface area contributed by atoms with Crippen molar-refractivity contribution >= 4 is 23.3 Å². The van der Waals surface area contributed by atoms with Gasteiger partial charge in [0, 0.05) is 60.3 Å². The third-order valence-electron chi connectivity index (χ3n) is 9.18. The Bertz CT molecular complexity index is 1550. The lowest BCUT2D eigenvalue weighted by molar-refractivity contribution is -0.160. The molecule has 2 aliphatic rings. The average molecular weight is 618 g/mol. The lowest BCUT2D eigenvalue weighted by Crippen LogP contribution is -2.39. The van der Waals surface area contributed by atoms with E-state index in [9.17, 15) is 9.90 Å². The van der Waals surface area contributed by atoms with E-state index in [4.69, 9.17) is 21.3 Å². The molecule has 236 valence electrons. The Balaban J connectivity index is 1.56. The normalized spacial score (nSPS) is 17.8. The molecular weight excluding hydrogens is 570 g/mol. The van der Waals surface area contributed by atoms with Crippen molar-refractivity contribution in [1.82, 2.24) is 9.88 Å². The number of nitrogens with zero attached hydrogens (tertiary/aromatic N) is 3. The van der Waals surface area contributed by atoms with E-state index >= 15 is 0 Å². The number of hydrogen-bond acceptors (Lipinski definition) is 5. The van der Waals surface area contributed by atoms with Crippen molar-refractivity contribution in [1.29, 1.82) is 0 Å². The number of piperidine rings is 1. The Labute approximate surface area is 268 Å². The molecule has 3 aromatic rings. The first kappa shape index (κ1) is 32.5. The zero-order valence-electron chi connectivity index (χ0n) is 27.7. The number of carboxylic acids is 1. The first-order valence-corrected chi connectivity index (χ1v) is 16.3. The molecular formula is C37H48ClN3O3. The summed E-state index contributed by atoms with van der Waals surface area (Å²) in [6, 6.07) is 13.1. The molecule has 3 heterocycles. The van der Waals surface area contributed by atoms with Crippen LogP contribution < -0.4 is 4.90 Å². The molecule has 0 amide bonds. The maximum absolute atomic E-state index is 12.8. The van der Waals surface area contributed by atoms with Crippen molar-refractivity contribution in [2.24, 2.45) is 5.41 Å². The van der Waals surface area contributed by atoms with Gasteiger partial charge < -0.3 is 14.7 Å². The molecule has 1 unspecified atom stereocenters. The van der Waals surface area contributed by atoms with Crippen LogP contribution in [-0.2, 0) is 29.0 Å². The first-order valence-electron chi connectivity index (χ1n) is 15.9. The van der Waals surface area contributed by atoms with E-state index in [0.29, 0.717) is 11.3 Å². The number of rotatable bonds is 7. The smallest absolute Gasteiger partial charge is 0.337 e. The number of aryl methyl sites for hydroxylation is 3. The number of anilines is 1. The number of fused-ring (bicyclic) bond motifs is 1. The van der Waals surface area contributed by atoms with Crippen molar-refractivity contribution in [3.05, 3.63) is 80.6 Å². The van der Waals surface area contributed by atoms with Gasteiger partial charge in [-0.25, -0.2) is 4.79 Å². The van der Waals surface area contributed by atoms with Crippen LogP contribution in [0.3, 0.4) is 0 Å². The summed E-state index contributed by atoms with van der Waals surface area (Å²) in [7, 11) is 0. The summed E-state index contributed by atoms with van der Waals surface area (Å²) in [4.78, 5) is 22.7. The Morgan fingerprint density at radius 1 is 1.02 bits per heavy atom. The highest BCUT2D eigenvalue weighted by molar-refractivity contribution is 6.31. The van der Waals surface area contributed by atoms with Crippen LogP contribution in [0.2, 0.25) is 5.02 Å². The predicted octanol–water partition coefficient (Wildman–Crippen LogP) is 8.45. The molecule has 1 N–H and O–H groups in total. The third kappa shape index (κ3) is 7.14. The molecule has 0 aliphatic carbocycles. The second-order valence-corrected chi connectivity index (χ2v) is 15.0. The van der Waals surface area contributed by atoms with Gasteiger partial charge in [0.05, 0.1) is 11.3 Å². The summed E-state index contributed by atoms with van der Waals surface area (Å²) in [5.74, 6) is -0.986. The van der Waals surface area contributed by atoms with Crippen molar-refractivity contribution in [2.45, 2.75) is 99.4 Å². The molecule has 2 aromatic carbocycles. The number of ether oxygens (including phenoxy) is 1. The van der Waals surface area contributed by atoms with Gasteiger partial charge in [-0.1, -0.05) is 55.8 Å². The Morgan fingerprint density at radius 2 is 1.73 bits per heavy atom. The number of benzene rings is 2. The quantitative estimate of drug-likeness (QED) is 0.287. The molecule has 0 bridgehead atoms. The average Bonchev–Trinajstić information content (AvgIpc) is 2.93. The predicted molar refractivity (Wildman–Crippen MR) is 180 cm³/mol. The summed E-state index contributed by atoms with van der Waals surface area (Å²) in [5.41, 5.74) is 10.1. The molecule has 1 saturated heterocycles. The minimum Gasteiger partial charge on any atom is -0.479 e. The monoisotopic (exact) mass is 617 g/mol. The van der Waals surface area contributed by atoms with Crippen LogP contribution in [0.15, 0.2) is 36.4 Å². The van der Waals surface area contributed by atoms with Crippen molar-refractivity contribution in [2.75, 3.05) is 24.5 Å². The number of carboxylic acid groups (broad SMARTS) is 1. The van der Waals surface area contributed by atoms with Crippen LogP contribution in [0.1, 0.15) is 92.8 Å². The van der Waals surface area contributed by atoms with Gasteiger partial charge in [-0.3, -0.25) is 9.88 Å². The number of pyridine rings is 1. The number of aliphatic carboxylic acids is 1. The zero-order valence-corrected chi connectivity index (χ0v) is 28.4. The maximum Gasteiger partial charge on any atom is 0.337 e. The summed E-state index contributed by atoms with van der Waals surface area (Å²) >= 11 is 6.26. The minimum absolute atomic E-state index is 0.254. The number of hydrogen-bond donors (Lipinski definition) is 1. The molecule has 7 heteroatoms. The van der Waals surface area contributed by atoms with Crippen LogP contribution >= 0.6 is 11.6 Å². The molecule has 1 atom stereocenters. The Morgan fingerprint density at radius 3 is 2.36 bits per heavy atom. The van der Waals surface area contributed by atoms with Crippen molar-refractivity contribution in [3.63, 3.8) is 0 Å². The van der Waals surface area contributed by atoms with E-state index in [-0.39, 0.29) is 5.41 Å². The first-order chi connectivity index (χ1) is 20.6. The van der Waals surface area contributed by atoms with Crippen LogP contribution in [0.4, 0.5) is 5.69 Å². The van der Waals surface area contributed by atoms with Gasteiger partial charge >= 0.3 is 5.97 Å². The summed E-state index contributed by atoms with van der Waals surface area (Å²) < 4.78 is 6.26. The molecule has 44 heavy (non-hydrogen) atoms. The second kappa shape index (κ2) is 12.5. The summed E-state index contributed by atoms with van der Waals surface area (Å²) in [6.07, 6.45) is 1.92. The van der Waals surface area contributed by atoms with E-state index in [1.165, 1.54) is 16.7 Å². The number of halogens is 1. The van der Waals surface area contributed by atoms with E-state index < -0.39 is 17.7 Å². The zero-order chi connectivity index (χ0) is 32.0. The molecule has 5 rings (SSSR count). The van der Waals surface area contributed by atoms with Crippen LogP contribution in [0.5, 0.6) is 0 Å². The van der Waals surface area contributed by atoms with Gasteiger partial charge in [0.2, 0.25) is 0 Å². The highest BCUT2D eigenvalue weighted by atomic mass is 35.5. The SMILES string of the molecule is Cc1cc(CN2CCc3cc(-c4c(C)nc(C)c(C(OC(C)(C)C)C(=O)O)c4N4CCC(C)(C)CC4)ccc3C2)ccc1Cl. The third-order valence-corrected chi connectivity index (χ3v) is 9.61. The minimum atomic E-state index is -1.12.